The SMILES string of the molecule is CCOC(=O)C(N)c1cncs1.Cl. The van der Waals surface area contributed by atoms with E-state index in [4.69, 9.17) is 10.5 Å². The summed E-state index contributed by atoms with van der Waals surface area (Å²) in [6, 6.07) is -0.683. The standard InChI is InChI=1S/C7H10N2O2S.ClH/c1-2-11-7(10)6(8)5-3-9-4-12-5;/h3-4,6H,2,8H2,1H3;1H. The van der Waals surface area contributed by atoms with E-state index in [1.165, 1.54) is 11.3 Å². The van der Waals surface area contributed by atoms with E-state index in [1.54, 1.807) is 18.6 Å². The lowest BCUT2D eigenvalue weighted by molar-refractivity contribution is -0.144. The van der Waals surface area contributed by atoms with Crippen LogP contribution >= 0.6 is 23.7 Å². The van der Waals surface area contributed by atoms with Crippen LogP contribution in [0.4, 0.5) is 0 Å². The van der Waals surface area contributed by atoms with Gasteiger partial charge in [-0.2, -0.15) is 0 Å². The van der Waals surface area contributed by atoms with Crippen molar-refractivity contribution >= 4 is 29.7 Å². The Kier molecular flexibility index (Phi) is 5.61. The van der Waals surface area contributed by atoms with E-state index in [2.05, 4.69) is 4.98 Å². The Labute approximate surface area is 86.5 Å². The van der Waals surface area contributed by atoms with Gasteiger partial charge >= 0.3 is 5.97 Å². The second-order valence-corrected chi connectivity index (χ2v) is 3.05. The van der Waals surface area contributed by atoms with Crippen molar-refractivity contribution in [1.82, 2.24) is 4.98 Å². The summed E-state index contributed by atoms with van der Waals surface area (Å²) < 4.78 is 4.74. The lowest BCUT2D eigenvalue weighted by atomic mass is 10.3. The molecule has 0 saturated carbocycles. The van der Waals surface area contributed by atoms with E-state index < -0.39 is 12.0 Å². The second-order valence-electron chi connectivity index (χ2n) is 2.13. The first-order valence-electron chi connectivity index (χ1n) is 3.56. The van der Waals surface area contributed by atoms with Gasteiger partial charge in [0, 0.05) is 6.20 Å². The van der Waals surface area contributed by atoms with Crippen LogP contribution in [-0.4, -0.2) is 17.6 Å². The van der Waals surface area contributed by atoms with Crippen molar-refractivity contribution in [2.24, 2.45) is 5.73 Å². The normalized spacial score (nSPS) is 11.5. The van der Waals surface area contributed by atoms with E-state index in [0.717, 1.165) is 4.88 Å². The molecule has 6 heteroatoms. The van der Waals surface area contributed by atoms with Crippen LogP contribution in [0.25, 0.3) is 0 Å². The van der Waals surface area contributed by atoms with E-state index in [9.17, 15) is 4.79 Å². The van der Waals surface area contributed by atoms with Gasteiger partial charge < -0.3 is 10.5 Å². The predicted molar refractivity (Wildman–Crippen MR) is 52.9 cm³/mol. The molecule has 0 fully saturated rings. The molecular formula is C7H11ClN2O2S. The van der Waals surface area contributed by atoms with Gasteiger partial charge in [-0.25, -0.2) is 4.79 Å². The molecule has 0 aliphatic heterocycles. The molecule has 1 unspecified atom stereocenters. The minimum absolute atomic E-state index is 0. The van der Waals surface area contributed by atoms with Crippen molar-refractivity contribution < 1.29 is 9.53 Å². The fourth-order valence-electron chi connectivity index (χ4n) is 0.727. The lowest BCUT2D eigenvalue weighted by Gasteiger charge is -2.06. The van der Waals surface area contributed by atoms with Gasteiger partial charge in [0.15, 0.2) is 0 Å². The Balaban J connectivity index is 0.00000144. The number of hydrogen-bond donors (Lipinski definition) is 1. The maximum Gasteiger partial charge on any atom is 0.328 e. The van der Waals surface area contributed by atoms with Crippen LogP contribution in [0.5, 0.6) is 0 Å². The number of hydrogen-bond acceptors (Lipinski definition) is 5. The summed E-state index contributed by atoms with van der Waals surface area (Å²) in [4.78, 5) is 15.6. The van der Waals surface area contributed by atoms with Crippen molar-refractivity contribution in [3.8, 4) is 0 Å². The molecule has 0 bridgehead atoms. The molecule has 0 aliphatic carbocycles. The molecule has 0 aliphatic rings. The third kappa shape index (κ3) is 3.30. The van der Waals surface area contributed by atoms with E-state index >= 15 is 0 Å². The Bertz CT molecular complexity index is 253. The highest BCUT2D eigenvalue weighted by Crippen LogP contribution is 2.15. The Morgan fingerprint density at radius 1 is 1.85 bits per heavy atom. The maximum absolute atomic E-state index is 11.1. The van der Waals surface area contributed by atoms with E-state index in [0.29, 0.717) is 6.61 Å². The molecule has 1 heterocycles. The predicted octanol–water partition coefficient (Wildman–Crippen LogP) is 1.13. The molecule has 0 spiro atoms. The molecule has 0 saturated heterocycles. The Morgan fingerprint density at radius 3 is 3.00 bits per heavy atom. The van der Waals surface area contributed by atoms with Gasteiger partial charge in [-0.1, -0.05) is 0 Å². The molecule has 4 nitrogen and oxygen atoms in total. The zero-order chi connectivity index (χ0) is 8.97. The van der Waals surface area contributed by atoms with Gasteiger partial charge in [-0.3, -0.25) is 4.98 Å². The molecular weight excluding hydrogens is 212 g/mol. The summed E-state index contributed by atoms with van der Waals surface area (Å²) in [7, 11) is 0. The lowest BCUT2D eigenvalue weighted by Crippen LogP contribution is -2.22. The van der Waals surface area contributed by atoms with Crippen LogP contribution in [0, 0.1) is 0 Å². The topological polar surface area (TPSA) is 65.2 Å². The Hall–Kier alpha value is -0.650. The van der Waals surface area contributed by atoms with Crippen LogP contribution in [0.2, 0.25) is 0 Å². The molecule has 0 aromatic carbocycles. The molecule has 2 N–H and O–H groups in total. The van der Waals surface area contributed by atoms with Crippen molar-refractivity contribution in [2.45, 2.75) is 13.0 Å². The van der Waals surface area contributed by atoms with Crippen molar-refractivity contribution in [2.75, 3.05) is 6.61 Å². The molecule has 1 rings (SSSR count). The highest BCUT2D eigenvalue weighted by Gasteiger charge is 2.17. The van der Waals surface area contributed by atoms with Crippen LogP contribution in [-0.2, 0) is 9.53 Å². The fourth-order valence-corrected chi connectivity index (χ4v) is 1.34. The number of aromatic nitrogens is 1. The fraction of sp³-hybridized carbons (Fsp3) is 0.429. The minimum atomic E-state index is -0.683. The molecule has 0 amide bonds. The number of nitrogens with zero attached hydrogens (tertiary/aromatic N) is 1. The first-order chi connectivity index (χ1) is 5.75. The van der Waals surface area contributed by atoms with Gasteiger partial charge in [0.25, 0.3) is 0 Å². The third-order valence-electron chi connectivity index (χ3n) is 1.30. The van der Waals surface area contributed by atoms with Crippen molar-refractivity contribution in [3.63, 3.8) is 0 Å². The van der Waals surface area contributed by atoms with Gasteiger partial charge in [0.2, 0.25) is 0 Å². The highest BCUT2D eigenvalue weighted by atomic mass is 35.5. The van der Waals surface area contributed by atoms with Gasteiger partial charge in [0.1, 0.15) is 6.04 Å². The summed E-state index contributed by atoms with van der Waals surface area (Å²) in [5, 5.41) is 0. The summed E-state index contributed by atoms with van der Waals surface area (Å²) >= 11 is 1.35. The van der Waals surface area contributed by atoms with Gasteiger partial charge in [-0.15, -0.1) is 23.7 Å². The van der Waals surface area contributed by atoms with Crippen LogP contribution < -0.4 is 5.73 Å². The first kappa shape index (κ1) is 12.3. The Morgan fingerprint density at radius 2 is 2.54 bits per heavy atom. The minimum Gasteiger partial charge on any atom is -0.465 e. The monoisotopic (exact) mass is 222 g/mol. The number of rotatable bonds is 3. The quantitative estimate of drug-likeness (QED) is 0.779. The summed E-state index contributed by atoms with van der Waals surface area (Å²) in [5.41, 5.74) is 7.20. The van der Waals surface area contributed by atoms with Crippen LogP contribution in [0.1, 0.15) is 17.8 Å². The number of carbonyl (C=O) groups is 1. The molecule has 74 valence electrons. The molecule has 13 heavy (non-hydrogen) atoms. The van der Waals surface area contributed by atoms with Crippen LogP contribution in [0.15, 0.2) is 11.7 Å². The number of carbonyl (C=O) groups excluding carboxylic acids is 1. The molecule has 0 radical (unpaired) electrons. The molecule has 1 aromatic rings. The zero-order valence-corrected chi connectivity index (χ0v) is 8.73. The van der Waals surface area contributed by atoms with E-state index in [1.807, 2.05) is 0 Å². The summed E-state index contributed by atoms with van der Waals surface area (Å²) in [5.74, 6) is -0.401. The maximum atomic E-state index is 11.1. The molecule has 1 atom stereocenters. The third-order valence-corrected chi connectivity index (χ3v) is 2.16. The summed E-state index contributed by atoms with van der Waals surface area (Å²) in [6.07, 6.45) is 1.58. The van der Waals surface area contributed by atoms with Gasteiger partial charge in [-0.05, 0) is 6.92 Å². The average Bonchev–Trinajstić information content (AvgIpc) is 2.55. The zero-order valence-electron chi connectivity index (χ0n) is 7.10. The number of halogens is 1. The first-order valence-corrected chi connectivity index (χ1v) is 4.44. The largest absolute Gasteiger partial charge is 0.465 e. The summed E-state index contributed by atoms with van der Waals surface area (Å²) in [6.45, 7) is 2.10. The number of ether oxygens (including phenoxy) is 1. The van der Waals surface area contributed by atoms with Crippen molar-refractivity contribution in [1.29, 1.82) is 0 Å². The number of nitrogens with two attached hydrogens (primary N) is 1. The number of esters is 1. The van der Waals surface area contributed by atoms with Crippen molar-refractivity contribution in [3.05, 3.63) is 16.6 Å². The molecule has 1 aromatic heterocycles. The van der Waals surface area contributed by atoms with Gasteiger partial charge in [0.05, 0.1) is 17.0 Å². The highest BCUT2D eigenvalue weighted by molar-refractivity contribution is 7.09. The average molecular weight is 223 g/mol. The number of thiazole rings is 1. The van der Waals surface area contributed by atoms with E-state index in [-0.39, 0.29) is 12.4 Å². The second kappa shape index (κ2) is 5.90. The smallest absolute Gasteiger partial charge is 0.328 e. The van der Waals surface area contributed by atoms with Crippen LogP contribution in [0.3, 0.4) is 0 Å².